The Kier molecular flexibility index (Phi) is 4.36. The van der Waals surface area contributed by atoms with Crippen LogP contribution in [0.2, 0.25) is 0 Å². The number of hydrogen-bond donors (Lipinski definition) is 2. The number of nitrogens with one attached hydrogen (secondary N) is 2. The van der Waals surface area contributed by atoms with Crippen molar-refractivity contribution in [2.75, 3.05) is 13.4 Å². The highest BCUT2D eigenvalue weighted by Crippen LogP contribution is 2.32. The molecule has 0 saturated carbocycles. The van der Waals surface area contributed by atoms with Gasteiger partial charge in [-0.2, -0.15) is 0 Å². The predicted molar refractivity (Wildman–Crippen MR) is 107 cm³/mol. The summed E-state index contributed by atoms with van der Waals surface area (Å²) in [6.45, 7) is -0.141. The third-order valence-electron chi connectivity index (χ3n) is 4.67. The molecule has 0 bridgehead atoms. The van der Waals surface area contributed by atoms with Gasteiger partial charge in [-0.15, -0.1) is 0 Å². The lowest BCUT2D eigenvalue weighted by atomic mass is 10.1. The molecule has 0 atom stereocenters. The zero-order chi connectivity index (χ0) is 20.5. The molecule has 0 fully saturated rings. The largest absolute Gasteiger partial charge is 0.484 e. The Morgan fingerprint density at radius 1 is 0.867 bits per heavy atom. The van der Waals surface area contributed by atoms with Crippen LogP contribution in [0.3, 0.4) is 0 Å². The van der Waals surface area contributed by atoms with E-state index in [1.54, 1.807) is 30.3 Å². The molecular formula is C22H16N2O6. The van der Waals surface area contributed by atoms with E-state index in [1.807, 2.05) is 30.3 Å². The van der Waals surface area contributed by atoms with Crippen LogP contribution in [-0.2, 0) is 4.79 Å². The van der Waals surface area contributed by atoms with Gasteiger partial charge in [-0.3, -0.25) is 20.4 Å². The summed E-state index contributed by atoms with van der Waals surface area (Å²) in [6.07, 6.45) is 0. The zero-order valence-electron chi connectivity index (χ0n) is 15.6. The van der Waals surface area contributed by atoms with Gasteiger partial charge in [-0.1, -0.05) is 18.2 Å². The van der Waals surface area contributed by atoms with E-state index in [1.165, 1.54) is 0 Å². The highest BCUT2D eigenvalue weighted by molar-refractivity contribution is 6.05. The topological polar surface area (TPSA) is 99.0 Å². The Morgan fingerprint density at radius 3 is 2.63 bits per heavy atom. The fraction of sp³-hybridized carbons (Fsp3) is 0.0909. The van der Waals surface area contributed by atoms with Gasteiger partial charge >= 0.3 is 0 Å². The third-order valence-corrected chi connectivity index (χ3v) is 4.67. The maximum Gasteiger partial charge on any atom is 0.276 e. The summed E-state index contributed by atoms with van der Waals surface area (Å²) < 4.78 is 21.8. The van der Waals surface area contributed by atoms with Crippen LogP contribution in [0, 0.1) is 0 Å². The first-order chi connectivity index (χ1) is 14.7. The van der Waals surface area contributed by atoms with E-state index in [0.717, 1.165) is 21.9 Å². The number of ether oxygens (including phenoxy) is 3. The van der Waals surface area contributed by atoms with Gasteiger partial charge in [0.15, 0.2) is 18.1 Å². The average Bonchev–Trinajstić information content (AvgIpc) is 3.39. The molecule has 0 radical (unpaired) electrons. The summed E-state index contributed by atoms with van der Waals surface area (Å²) in [5, 5.41) is 1.87. The predicted octanol–water partition coefficient (Wildman–Crippen LogP) is 3.15. The Bertz CT molecular complexity index is 1280. The summed E-state index contributed by atoms with van der Waals surface area (Å²) in [4.78, 5) is 24.2. The maximum absolute atomic E-state index is 12.2. The van der Waals surface area contributed by atoms with Crippen molar-refractivity contribution in [1.29, 1.82) is 0 Å². The van der Waals surface area contributed by atoms with Crippen molar-refractivity contribution in [3.8, 4) is 17.2 Å². The summed E-state index contributed by atoms with van der Waals surface area (Å²) >= 11 is 0. The minimum absolute atomic E-state index is 0.120. The number of carbonyl (C=O) groups excluding carboxylic acids is 2. The molecule has 1 aliphatic rings. The standard InChI is InChI=1S/C22H16N2O6/c25-21(23-24-22(26)13-5-7-19-20(9-13)29-12-28-19)11-27-14-6-8-18-16(10-14)15-3-1-2-4-17(15)30-18/h1-10H,11-12H2,(H,23,25)(H,24,26). The number of benzene rings is 3. The third kappa shape index (κ3) is 3.35. The highest BCUT2D eigenvalue weighted by atomic mass is 16.7. The van der Waals surface area contributed by atoms with E-state index in [9.17, 15) is 9.59 Å². The van der Waals surface area contributed by atoms with E-state index in [0.29, 0.717) is 22.8 Å². The Labute approximate surface area is 170 Å². The van der Waals surface area contributed by atoms with Crippen molar-refractivity contribution >= 4 is 33.8 Å². The van der Waals surface area contributed by atoms with Crippen LogP contribution >= 0.6 is 0 Å². The number of furan rings is 1. The summed E-state index contributed by atoms with van der Waals surface area (Å²) in [5.41, 5.74) is 6.53. The maximum atomic E-state index is 12.2. The molecule has 2 N–H and O–H groups in total. The number of hydrazine groups is 1. The van der Waals surface area contributed by atoms with Gasteiger partial charge in [0, 0.05) is 16.3 Å². The minimum atomic E-state index is -0.499. The molecule has 3 aromatic carbocycles. The van der Waals surface area contributed by atoms with Gasteiger partial charge in [-0.05, 0) is 42.5 Å². The van der Waals surface area contributed by atoms with E-state index < -0.39 is 11.8 Å². The first kappa shape index (κ1) is 17.9. The van der Waals surface area contributed by atoms with Crippen LogP contribution in [-0.4, -0.2) is 25.2 Å². The van der Waals surface area contributed by atoms with Crippen molar-refractivity contribution in [1.82, 2.24) is 10.9 Å². The van der Waals surface area contributed by atoms with Crippen LogP contribution in [0.25, 0.3) is 21.9 Å². The van der Waals surface area contributed by atoms with Gasteiger partial charge in [0.1, 0.15) is 16.9 Å². The lowest BCUT2D eigenvalue weighted by Crippen LogP contribution is -2.43. The molecule has 30 heavy (non-hydrogen) atoms. The summed E-state index contributed by atoms with van der Waals surface area (Å²) in [7, 11) is 0. The number of fused-ring (bicyclic) bond motifs is 4. The Morgan fingerprint density at radius 2 is 1.70 bits per heavy atom. The van der Waals surface area contributed by atoms with Gasteiger partial charge in [0.2, 0.25) is 6.79 Å². The molecule has 8 nitrogen and oxygen atoms in total. The molecule has 8 heteroatoms. The first-order valence-electron chi connectivity index (χ1n) is 9.20. The lowest BCUT2D eigenvalue weighted by molar-refractivity contribution is -0.123. The molecule has 0 unspecified atom stereocenters. The molecule has 4 aromatic rings. The van der Waals surface area contributed by atoms with Crippen molar-refractivity contribution in [3.63, 3.8) is 0 Å². The number of amides is 2. The van der Waals surface area contributed by atoms with E-state index in [2.05, 4.69) is 10.9 Å². The smallest absolute Gasteiger partial charge is 0.276 e. The van der Waals surface area contributed by atoms with E-state index >= 15 is 0 Å². The Hall–Kier alpha value is -4.20. The molecule has 2 amide bonds. The monoisotopic (exact) mass is 404 g/mol. The molecule has 2 heterocycles. The number of rotatable bonds is 4. The van der Waals surface area contributed by atoms with Crippen LogP contribution in [0.5, 0.6) is 17.2 Å². The second-order valence-corrected chi connectivity index (χ2v) is 6.62. The normalized spacial score (nSPS) is 12.1. The molecule has 150 valence electrons. The Balaban J connectivity index is 1.19. The molecular weight excluding hydrogens is 388 g/mol. The summed E-state index contributed by atoms with van der Waals surface area (Å²) in [6, 6.07) is 17.8. The molecule has 0 spiro atoms. The van der Waals surface area contributed by atoms with Crippen LogP contribution in [0.1, 0.15) is 10.4 Å². The second-order valence-electron chi connectivity index (χ2n) is 6.62. The fourth-order valence-corrected chi connectivity index (χ4v) is 3.22. The van der Waals surface area contributed by atoms with Gasteiger partial charge in [0.25, 0.3) is 11.8 Å². The van der Waals surface area contributed by atoms with E-state index in [4.69, 9.17) is 18.6 Å². The van der Waals surface area contributed by atoms with Crippen LogP contribution in [0.15, 0.2) is 65.1 Å². The highest BCUT2D eigenvalue weighted by Gasteiger charge is 2.16. The van der Waals surface area contributed by atoms with Gasteiger partial charge in [-0.25, -0.2) is 0 Å². The SMILES string of the molecule is O=C(COc1ccc2oc3ccccc3c2c1)NNC(=O)c1ccc2c(c1)OCO2. The lowest BCUT2D eigenvalue weighted by Gasteiger charge is -2.09. The first-order valence-corrected chi connectivity index (χ1v) is 9.20. The molecule has 5 rings (SSSR count). The van der Waals surface area contributed by atoms with Gasteiger partial charge < -0.3 is 18.6 Å². The quantitative estimate of drug-likeness (QED) is 0.507. The van der Waals surface area contributed by atoms with E-state index in [-0.39, 0.29) is 13.4 Å². The summed E-state index contributed by atoms with van der Waals surface area (Å²) in [5.74, 6) is 0.603. The number of carbonyl (C=O) groups is 2. The van der Waals surface area contributed by atoms with Crippen molar-refractivity contribution < 1.29 is 28.2 Å². The minimum Gasteiger partial charge on any atom is -0.484 e. The number of para-hydroxylation sites is 1. The van der Waals surface area contributed by atoms with Crippen molar-refractivity contribution in [2.24, 2.45) is 0 Å². The van der Waals surface area contributed by atoms with Crippen molar-refractivity contribution in [2.45, 2.75) is 0 Å². The zero-order valence-corrected chi connectivity index (χ0v) is 15.6. The fourth-order valence-electron chi connectivity index (χ4n) is 3.22. The second kappa shape index (κ2) is 7.32. The molecule has 1 aromatic heterocycles. The van der Waals surface area contributed by atoms with Gasteiger partial charge in [0.05, 0.1) is 0 Å². The van der Waals surface area contributed by atoms with Crippen LogP contribution in [0.4, 0.5) is 0 Å². The molecule has 1 aliphatic heterocycles. The molecule has 0 saturated heterocycles. The van der Waals surface area contributed by atoms with Crippen molar-refractivity contribution in [3.05, 3.63) is 66.2 Å². The van der Waals surface area contributed by atoms with Crippen LogP contribution < -0.4 is 25.1 Å². The average molecular weight is 404 g/mol. The number of hydrogen-bond acceptors (Lipinski definition) is 6. The molecule has 0 aliphatic carbocycles.